The fraction of sp³-hybridized carbons (Fsp3) is 0.143. The molecule has 0 unspecified atom stereocenters. The average Bonchev–Trinajstić information content (AvgIpc) is 2.58. The van der Waals surface area contributed by atoms with E-state index in [4.69, 9.17) is 0 Å². The van der Waals surface area contributed by atoms with Crippen LogP contribution >= 0.6 is 43.6 Å². The van der Waals surface area contributed by atoms with Gasteiger partial charge in [0.2, 0.25) is 9.47 Å². The highest BCUT2D eigenvalue weighted by Gasteiger charge is 2.09. The molecule has 0 atom stereocenters. The Morgan fingerprint density at radius 2 is 2.13 bits per heavy atom. The topological polar surface area (TPSA) is 56.5 Å². The summed E-state index contributed by atoms with van der Waals surface area (Å²) in [5.74, 6) is 0.493. The van der Waals surface area contributed by atoms with Crippen LogP contribution < -0.4 is 0 Å². The van der Waals surface area contributed by atoms with Gasteiger partial charge in [-0.3, -0.25) is 0 Å². The Hall–Kier alpha value is -0.470. The van der Waals surface area contributed by atoms with Crippen LogP contribution in [0.15, 0.2) is 26.8 Å². The van der Waals surface area contributed by atoms with Crippen molar-refractivity contribution < 1.29 is 0 Å². The zero-order valence-electron chi connectivity index (χ0n) is 7.55. The third-order valence-corrected chi connectivity index (χ3v) is 3.05. The largest absolute Gasteiger partial charge is 0.254 e. The number of aromatic nitrogens is 5. The van der Waals surface area contributed by atoms with Gasteiger partial charge in [-0.25, -0.2) is 9.97 Å². The highest BCUT2D eigenvalue weighted by molar-refractivity contribution is 9.11. The third kappa shape index (κ3) is 2.37. The lowest BCUT2D eigenvalue weighted by Crippen LogP contribution is -2.03. The Balaban J connectivity index is 2.49. The summed E-state index contributed by atoms with van der Waals surface area (Å²) in [6, 6.07) is 1.84. The van der Waals surface area contributed by atoms with Gasteiger partial charge >= 0.3 is 0 Å². The molecule has 2 aromatic heterocycles. The summed E-state index contributed by atoms with van der Waals surface area (Å²) < 4.78 is 2.57. The molecule has 0 bridgehead atoms. The molecule has 0 fully saturated rings. The molecule has 2 heterocycles. The smallest absolute Gasteiger partial charge is 0.220 e. The summed E-state index contributed by atoms with van der Waals surface area (Å²) in [6.45, 7) is 0. The van der Waals surface area contributed by atoms with Crippen LogP contribution in [0.5, 0.6) is 0 Å². The molecule has 0 saturated heterocycles. The van der Waals surface area contributed by atoms with E-state index in [-0.39, 0.29) is 0 Å². The number of rotatable bonds is 2. The van der Waals surface area contributed by atoms with Gasteiger partial charge in [0, 0.05) is 6.20 Å². The van der Waals surface area contributed by atoms with Gasteiger partial charge in [-0.1, -0.05) is 0 Å². The van der Waals surface area contributed by atoms with Gasteiger partial charge in [-0.05, 0) is 44.2 Å². The summed E-state index contributed by atoms with van der Waals surface area (Å²) in [5.41, 5.74) is 0. The van der Waals surface area contributed by atoms with Crippen molar-refractivity contribution in [2.24, 2.45) is 0 Å². The van der Waals surface area contributed by atoms with E-state index in [1.807, 2.05) is 12.3 Å². The van der Waals surface area contributed by atoms with Gasteiger partial charge in [0.15, 0.2) is 0 Å². The van der Waals surface area contributed by atoms with E-state index < -0.39 is 0 Å². The van der Waals surface area contributed by atoms with Gasteiger partial charge in [0.25, 0.3) is 5.95 Å². The number of nitrogens with zero attached hydrogens (tertiary/aromatic N) is 5. The van der Waals surface area contributed by atoms with Crippen molar-refractivity contribution in [3.8, 4) is 5.95 Å². The molecule has 0 radical (unpaired) electrons. The minimum Gasteiger partial charge on any atom is -0.220 e. The Morgan fingerprint density at radius 3 is 2.73 bits per heavy atom. The minimum atomic E-state index is 0.493. The molecular formula is C7H5Br2N5S. The highest BCUT2D eigenvalue weighted by atomic mass is 79.9. The predicted octanol–water partition coefficient (Wildman–Crippen LogP) is 2.30. The van der Waals surface area contributed by atoms with Gasteiger partial charge in [0.05, 0.1) is 0 Å². The normalized spacial score (nSPS) is 10.6. The van der Waals surface area contributed by atoms with E-state index in [0.717, 1.165) is 5.03 Å². The van der Waals surface area contributed by atoms with E-state index in [1.54, 1.807) is 18.0 Å². The number of thioether (sulfide) groups is 1. The van der Waals surface area contributed by atoms with Crippen LogP contribution in [0.4, 0.5) is 0 Å². The fourth-order valence-electron chi connectivity index (χ4n) is 0.945. The van der Waals surface area contributed by atoms with Crippen LogP contribution in [-0.4, -0.2) is 31.0 Å². The summed E-state index contributed by atoms with van der Waals surface area (Å²) in [5, 5.41) is 4.98. The fourth-order valence-corrected chi connectivity index (χ4v) is 2.29. The van der Waals surface area contributed by atoms with Crippen molar-refractivity contribution in [1.29, 1.82) is 0 Å². The van der Waals surface area contributed by atoms with Crippen molar-refractivity contribution >= 4 is 43.6 Å². The number of hydrogen-bond acceptors (Lipinski definition) is 5. The van der Waals surface area contributed by atoms with Crippen LogP contribution in [-0.2, 0) is 0 Å². The zero-order chi connectivity index (χ0) is 10.8. The molecule has 8 heteroatoms. The molecular weight excluding hydrogens is 346 g/mol. The Labute approximate surface area is 107 Å². The van der Waals surface area contributed by atoms with E-state index in [2.05, 4.69) is 51.9 Å². The first-order chi connectivity index (χ1) is 7.20. The number of halogens is 2. The first kappa shape index (κ1) is 11.0. The Bertz CT molecular complexity index is 486. The average molecular weight is 351 g/mol. The summed E-state index contributed by atoms with van der Waals surface area (Å²) in [4.78, 5) is 12.5. The van der Waals surface area contributed by atoms with Crippen LogP contribution in [0.2, 0.25) is 0 Å². The van der Waals surface area contributed by atoms with E-state index >= 15 is 0 Å². The van der Waals surface area contributed by atoms with Crippen molar-refractivity contribution in [1.82, 2.24) is 24.7 Å². The van der Waals surface area contributed by atoms with E-state index in [0.29, 0.717) is 15.4 Å². The first-order valence-electron chi connectivity index (χ1n) is 3.86. The van der Waals surface area contributed by atoms with E-state index in [9.17, 15) is 0 Å². The summed E-state index contributed by atoms with van der Waals surface area (Å²) >= 11 is 8.01. The Morgan fingerprint density at radius 1 is 1.33 bits per heavy atom. The lowest BCUT2D eigenvalue weighted by molar-refractivity contribution is 0.768. The molecule has 2 aromatic rings. The molecule has 0 N–H and O–H groups in total. The maximum Gasteiger partial charge on any atom is 0.254 e. The molecule has 0 aliphatic carbocycles. The lowest BCUT2D eigenvalue weighted by Gasteiger charge is -2.00. The second-order valence-electron chi connectivity index (χ2n) is 2.46. The van der Waals surface area contributed by atoms with Crippen LogP contribution in [0.1, 0.15) is 0 Å². The van der Waals surface area contributed by atoms with Gasteiger partial charge in [-0.15, -0.1) is 16.9 Å². The third-order valence-electron chi connectivity index (χ3n) is 1.56. The second kappa shape index (κ2) is 4.58. The SMILES string of the molecule is CSc1ccnc(-n2nc(Br)nc2Br)n1. The molecule has 0 aromatic carbocycles. The maximum atomic E-state index is 4.30. The standard InChI is InChI=1S/C7H5Br2N5S/c1-15-4-2-3-10-7(11-4)14-6(9)12-5(8)13-14/h2-3H,1H3. The van der Waals surface area contributed by atoms with Crippen LogP contribution in [0.25, 0.3) is 5.95 Å². The molecule has 2 rings (SSSR count). The monoisotopic (exact) mass is 349 g/mol. The van der Waals surface area contributed by atoms with Crippen molar-refractivity contribution in [2.45, 2.75) is 5.03 Å². The lowest BCUT2D eigenvalue weighted by atomic mass is 10.7. The molecule has 78 valence electrons. The molecule has 15 heavy (non-hydrogen) atoms. The highest BCUT2D eigenvalue weighted by Crippen LogP contribution is 2.16. The number of hydrogen-bond donors (Lipinski definition) is 0. The first-order valence-corrected chi connectivity index (χ1v) is 6.67. The predicted molar refractivity (Wildman–Crippen MR) is 64.1 cm³/mol. The molecule has 5 nitrogen and oxygen atoms in total. The quantitative estimate of drug-likeness (QED) is 0.614. The maximum absolute atomic E-state index is 4.30. The summed E-state index contributed by atoms with van der Waals surface area (Å²) in [6.07, 6.45) is 3.65. The van der Waals surface area contributed by atoms with Gasteiger partial charge < -0.3 is 0 Å². The van der Waals surface area contributed by atoms with Gasteiger partial charge in [0.1, 0.15) is 5.03 Å². The molecule has 0 amide bonds. The van der Waals surface area contributed by atoms with Crippen molar-refractivity contribution in [3.05, 3.63) is 21.7 Å². The van der Waals surface area contributed by atoms with Crippen LogP contribution in [0, 0.1) is 0 Å². The van der Waals surface area contributed by atoms with Crippen molar-refractivity contribution in [2.75, 3.05) is 6.26 Å². The second-order valence-corrected chi connectivity index (χ2v) is 4.71. The van der Waals surface area contributed by atoms with Gasteiger partial charge in [-0.2, -0.15) is 9.67 Å². The van der Waals surface area contributed by atoms with Crippen LogP contribution in [0.3, 0.4) is 0 Å². The zero-order valence-corrected chi connectivity index (χ0v) is 11.5. The summed E-state index contributed by atoms with van der Waals surface area (Å²) in [7, 11) is 0. The molecule has 0 aliphatic rings. The molecule has 0 saturated carbocycles. The molecule has 0 spiro atoms. The van der Waals surface area contributed by atoms with Crippen molar-refractivity contribution in [3.63, 3.8) is 0 Å². The Kier molecular flexibility index (Phi) is 3.37. The molecule has 0 aliphatic heterocycles. The van der Waals surface area contributed by atoms with E-state index in [1.165, 1.54) is 4.68 Å². The minimum absolute atomic E-state index is 0.493.